The van der Waals surface area contributed by atoms with Crippen LogP contribution in [0.2, 0.25) is 0 Å². The van der Waals surface area contributed by atoms with Gasteiger partial charge in [-0.3, -0.25) is 0 Å². The quantitative estimate of drug-likeness (QED) is 0.563. The first-order valence-corrected chi connectivity index (χ1v) is 5.88. The molecule has 8 nitrogen and oxygen atoms in total. The highest BCUT2D eigenvalue weighted by atomic mass is 16.5. The van der Waals surface area contributed by atoms with Gasteiger partial charge in [0, 0.05) is 31.8 Å². The van der Waals surface area contributed by atoms with Crippen LogP contribution in [0.15, 0.2) is 22.0 Å². The predicted molar refractivity (Wildman–Crippen MR) is 73.0 cm³/mol. The van der Waals surface area contributed by atoms with Gasteiger partial charge in [-0.05, 0) is 0 Å². The number of hydrogen-bond acceptors (Lipinski definition) is 8. The standard InChI is InChI=1S/C12H18N4O4/c1-7-8(6-13-16(2)3)10(12(18)20-5)15-14-9(7)11(17)19-4/h6-7,13H,1-5H3/b8-6+. The fourth-order valence-corrected chi connectivity index (χ4v) is 1.57. The molecule has 0 aromatic heterocycles. The van der Waals surface area contributed by atoms with Gasteiger partial charge in [-0.25, -0.2) is 14.6 Å². The number of nitrogens with one attached hydrogen (secondary N) is 1. The molecule has 0 aliphatic carbocycles. The lowest BCUT2D eigenvalue weighted by atomic mass is 9.91. The molecule has 1 N–H and O–H groups in total. The molecule has 1 aliphatic rings. The van der Waals surface area contributed by atoms with Crippen molar-refractivity contribution in [3.05, 3.63) is 11.8 Å². The van der Waals surface area contributed by atoms with Gasteiger partial charge in [-0.15, -0.1) is 10.2 Å². The Morgan fingerprint density at radius 3 is 2.30 bits per heavy atom. The number of methoxy groups -OCH3 is 2. The van der Waals surface area contributed by atoms with E-state index in [0.717, 1.165) is 0 Å². The highest BCUT2D eigenvalue weighted by Crippen LogP contribution is 2.20. The summed E-state index contributed by atoms with van der Waals surface area (Å²) in [6.45, 7) is 1.73. The largest absolute Gasteiger partial charge is 0.464 e. The third kappa shape index (κ3) is 3.41. The summed E-state index contributed by atoms with van der Waals surface area (Å²) in [6, 6.07) is 0. The summed E-state index contributed by atoms with van der Waals surface area (Å²) in [5.41, 5.74) is 3.60. The second-order valence-corrected chi connectivity index (χ2v) is 4.26. The van der Waals surface area contributed by atoms with Crippen molar-refractivity contribution in [2.24, 2.45) is 16.1 Å². The first-order chi connectivity index (χ1) is 9.42. The summed E-state index contributed by atoms with van der Waals surface area (Å²) < 4.78 is 9.30. The molecule has 20 heavy (non-hydrogen) atoms. The smallest absolute Gasteiger partial charge is 0.358 e. The predicted octanol–water partition coefficient (Wildman–Crippen LogP) is -0.271. The van der Waals surface area contributed by atoms with Gasteiger partial charge in [0.05, 0.1) is 14.2 Å². The lowest BCUT2D eigenvalue weighted by molar-refractivity contribution is -0.134. The van der Waals surface area contributed by atoms with Crippen LogP contribution >= 0.6 is 0 Å². The van der Waals surface area contributed by atoms with E-state index in [2.05, 4.69) is 25.1 Å². The molecule has 0 aromatic rings. The molecule has 0 radical (unpaired) electrons. The minimum absolute atomic E-state index is 0.0574. The lowest BCUT2D eigenvalue weighted by Crippen LogP contribution is -2.35. The van der Waals surface area contributed by atoms with E-state index in [0.29, 0.717) is 5.57 Å². The van der Waals surface area contributed by atoms with Crippen LogP contribution in [0.5, 0.6) is 0 Å². The highest BCUT2D eigenvalue weighted by molar-refractivity contribution is 6.48. The van der Waals surface area contributed by atoms with Crippen molar-refractivity contribution in [1.29, 1.82) is 0 Å². The maximum absolute atomic E-state index is 11.7. The molecule has 1 rings (SSSR count). The van der Waals surface area contributed by atoms with Crippen LogP contribution in [0.4, 0.5) is 0 Å². The Labute approximate surface area is 117 Å². The third-order valence-corrected chi connectivity index (χ3v) is 2.66. The summed E-state index contributed by atoms with van der Waals surface area (Å²) in [6.07, 6.45) is 1.58. The van der Waals surface area contributed by atoms with Crippen molar-refractivity contribution < 1.29 is 19.1 Å². The molecule has 110 valence electrons. The number of carbonyl (C=O) groups is 2. The zero-order chi connectivity index (χ0) is 15.3. The number of ether oxygens (including phenoxy) is 2. The maximum Gasteiger partial charge on any atom is 0.358 e. The molecular formula is C12H18N4O4. The van der Waals surface area contributed by atoms with Crippen molar-refractivity contribution in [2.45, 2.75) is 6.92 Å². The van der Waals surface area contributed by atoms with Crippen LogP contribution in [0.25, 0.3) is 0 Å². The number of hydrazine groups is 1. The molecule has 0 saturated carbocycles. The maximum atomic E-state index is 11.7. The molecule has 8 heteroatoms. The zero-order valence-corrected chi connectivity index (χ0v) is 12.1. The van der Waals surface area contributed by atoms with Crippen LogP contribution in [0.1, 0.15) is 6.92 Å². The number of esters is 2. The summed E-state index contributed by atoms with van der Waals surface area (Å²) in [5.74, 6) is -1.64. The lowest BCUT2D eigenvalue weighted by Gasteiger charge is -2.21. The van der Waals surface area contributed by atoms with Crippen molar-refractivity contribution in [1.82, 2.24) is 10.4 Å². The van der Waals surface area contributed by atoms with Gasteiger partial charge >= 0.3 is 11.9 Å². The van der Waals surface area contributed by atoms with Gasteiger partial charge in [0.25, 0.3) is 0 Å². The Morgan fingerprint density at radius 1 is 1.20 bits per heavy atom. The van der Waals surface area contributed by atoms with Crippen molar-refractivity contribution in [3.8, 4) is 0 Å². The van der Waals surface area contributed by atoms with E-state index in [-0.39, 0.29) is 11.4 Å². The minimum Gasteiger partial charge on any atom is -0.464 e. The van der Waals surface area contributed by atoms with Gasteiger partial charge in [-0.2, -0.15) is 0 Å². The molecule has 0 aromatic carbocycles. The number of nitrogens with zero attached hydrogens (tertiary/aromatic N) is 3. The minimum atomic E-state index is -0.615. The molecule has 0 fully saturated rings. The molecule has 1 atom stereocenters. The molecule has 0 bridgehead atoms. The van der Waals surface area contributed by atoms with Crippen molar-refractivity contribution >= 4 is 23.4 Å². The van der Waals surface area contributed by atoms with Gasteiger partial charge in [-0.1, -0.05) is 6.92 Å². The Morgan fingerprint density at radius 2 is 1.80 bits per heavy atom. The van der Waals surface area contributed by atoms with Crippen LogP contribution in [0, 0.1) is 5.92 Å². The SMILES string of the molecule is COC(=O)C1=NN=C(C(=O)OC)C(C)/C1=C\NN(C)C. The van der Waals surface area contributed by atoms with Crippen molar-refractivity contribution in [3.63, 3.8) is 0 Å². The van der Waals surface area contributed by atoms with Gasteiger partial charge in [0.1, 0.15) is 0 Å². The topological polar surface area (TPSA) is 92.6 Å². The van der Waals surface area contributed by atoms with E-state index >= 15 is 0 Å². The number of rotatable bonds is 4. The first kappa shape index (κ1) is 15.8. The Kier molecular flexibility index (Phi) is 5.39. The van der Waals surface area contributed by atoms with Gasteiger partial charge in [0.15, 0.2) is 11.4 Å². The average Bonchev–Trinajstić information content (AvgIpc) is 2.43. The second-order valence-electron chi connectivity index (χ2n) is 4.26. The first-order valence-electron chi connectivity index (χ1n) is 5.88. The Balaban J connectivity index is 3.20. The number of hydrogen-bond donors (Lipinski definition) is 1. The molecule has 0 spiro atoms. The average molecular weight is 282 g/mol. The highest BCUT2D eigenvalue weighted by Gasteiger charge is 2.33. The van der Waals surface area contributed by atoms with Crippen molar-refractivity contribution in [2.75, 3.05) is 28.3 Å². The molecule has 1 aliphatic heterocycles. The van der Waals surface area contributed by atoms with E-state index in [4.69, 9.17) is 0 Å². The van der Waals surface area contributed by atoms with Crippen LogP contribution < -0.4 is 5.43 Å². The number of carbonyl (C=O) groups excluding carboxylic acids is 2. The molecule has 1 heterocycles. The third-order valence-electron chi connectivity index (χ3n) is 2.66. The normalized spacial score (nSPS) is 20.3. The summed E-state index contributed by atoms with van der Waals surface area (Å²) in [7, 11) is 6.09. The molecule has 0 amide bonds. The van der Waals surface area contributed by atoms with Crippen LogP contribution in [0.3, 0.4) is 0 Å². The second kappa shape index (κ2) is 6.80. The summed E-state index contributed by atoms with van der Waals surface area (Å²) in [5, 5.41) is 9.20. The molecule has 0 saturated heterocycles. The fraction of sp³-hybridized carbons (Fsp3) is 0.500. The Bertz CT molecular complexity index is 494. The van der Waals surface area contributed by atoms with E-state index in [1.807, 2.05) is 0 Å². The van der Waals surface area contributed by atoms with E-state index < -0.39 is 17.9 Å². The Hall–Kier alpha value is -2.22. The van der Waals surface area contributed by atoms with Gasteiger partial charge in [0.2, 0.25) is 0 Å². The summed E-state index contributed by atoms with van der Waals surface area (Å²) in [4.78, 5) is 23.3. The van der Waals surface area contributed by atoms with Crippen LogP contribution in [-0.4, -0.2) is 56.7 Å². The zero-order valence-electron chi connectivity index (χ0n) is 12.1. The molecular weight excluding hydrogens is 264 g/mol. The van der Waals surface area contributed by atoms with E-state index in [1.54, 1.807) is 32.2 Å². The van der Waals surface area contributed by atoms with E-state index in [1.165, 1.54) is 14.2 Å². The van der Waals surface area contributed by atoms with E-state index in [9.17, 15) is 9.59 Å². The summed E-state index contributed by atoms with van der Waals surface area (Å²) >= 11 is 0. The van der Waals surface area contributed by atoms with Gasteiger partial charge < -0.3 is 14.9 Å². The monoisotopic (exact) mass is 282 g/mol. The van der Waals surface area contributed by atoms with Crippen LogP contribution in [-0.2, 0) is 19.1 Å². The fourth-order valence-electron chi connectivity index (χ4n) is 1.57. The molecule has 1 unspecified atom stereocenters.